The summed E-state index contributed by atoms with van der Waals surface area (Å²) < 4.78 is 21.4. The molecular formula is C23H27FN6O2. The highest BCUT2D eigenvalue weighted by atomic mass is 19.1. The van der Waals surface area contributed by atoms with E-state index in [4.69, 9.17) is 10.5 Å². The molecule has 0 unspecified atom stereocenters. The number of aromatic nitrogens is 4. The lowest BCUT2D eigenvalue weighted by atomic mass is 9.95. The number of hydrogen-bond donors (Lipinski definition) is 1. The fourth-order valence-corrected chi connectivity index (χ4v) is 4.16. The second kappa shape index (κ2) is 7.89. The molecule has 0 saturated heterocycles. The summed E-state index contributed by atoms with van der Waals surface area (Å²) in [7, 11) is 0. The monoisotopic (exact) mass is 438 g/mol. The van der Waals surface area contributed by atoms with Gasteiger partial charge in [-0.25, -0.2) is 14.4 Å². The first-order valence-electron chi connectivity index (χ1n) is 10.4. The van der Waals surface area contributed by atoms with Gasteiger partial charge in [-0.2, -0.15) is 5.10 Å². The molecule has 0 spiro atoms. The first-order chi connectivity index (χ1) is 15.0. The molecule has 2 N–H and O–H groups in total. The van der Waals surface area contributed by atoms with Crippen LogP contribution in [0.15, 0.2) is 24.7 Å². The van der Waals surface area contributed by atoms with Gasteiger partial charge in [0.15, 0.2) is 0 Å². The van der Waals surface area contributed by atoms with Crippen LogP contribution in [0.5, 0.6) is 5.88 Å². The molecule has 3 heterocycles. The van der Waals surface area contributed by atoms with E-state index in [0.717, 1.165) is 33.6 Å². The van der Waals surface area contributed by atoms with Crippen molar-refractivity contribution in [2.24, 2.45) is 0 Å². The van der Waals surface area contributed by atoms with Crippen LogP contribution < -0.4 is 15.4 Å². The Bertz CT molecular complexity index is 1170. The molecule has 1 aromatic carbocycles. The molecule has 1 amide bonds. The van der Waals surface area contributed by atoms with Crippen LogP contribution in [0, 0.1) is 20.8 Å². The highest BCUT2D eigenvalue weighted by Gasteiger charge is 2.29. The first kappa shape index (κ1) is 21.7. The number of amides is 1. The summed E-state index contributed by atoms with van der Waals surface area (Å²) in [6, 6.07) is 3.92. The van der Waals surface area contributed by atoms with E-state index in [0.29, 0.717) is 13.2 Å². The van der Waals surface area contributed by atoms with Crippen LogP contribution in [0.2, 0.25) is 0 Å². The SMILES string of the molecule is Cc1cc(N2CCOc3ncnc(N)c3C2=O)cc(C)c1-c1cn(CC(C)(C)F)nc1C. The van der Waals surface area contributed by atoms with Gasteiger partial charge in [0.2, 0.25) is 5.88 Å². The smallest absolute Gasteiger partial charge is 0.267 e. The van der Waals surface area contributed by atoms with Gasteiger partial charge in [-0.05, 0) is 63.4 Å². The molecule has 3 aromatic rings. The Balaban J connectivity index is 1.73. The van der Waals surface area contributed by atoms with Crippen molar-refractivity contribution in [2.75, 3.05) is 23.8 Å². The van der Waals surface area contributed by atoms with Crippen LogP contribution >= 0.6 is 0 Å². The Morgan fingerprint density at radius 1 is 1.16 bits per heavy atom. The molecule has 9 heteroatoms. The van der Waals surface area contributed by atoms with Crippen molar-refractivity contribution >= 4 is 17.4 Å². The highest BCUT2D eigenvalue weighted by Crippen LogP contribution is 2.35. The largest absolute Gasteiger partial charge is 0.475 e. The van der Waals surface area contributed by atoms with E-state index in [1.807, 2.05) is 39.1 Å². The number of anilines is 2. The number of ether oxygens (including phenoxy) is 1. The zero-order valence-corrected chi connectivity index (χ0v) is 18.9. The van der Waals surface area contributed by atoms with Gasteiger partial charge in [0, 0.05) is 17.4 Å². The molecule has 0 bridgehead atoms. The van der Waals surface area contributed by atoms with Gasteiger partial charge in [0.1, 0.15) is 30.0 Å². The van der Waals surface area contributed by atoms with Gasteiger partial charge in [-0.15, -0.1) is 0 Å². The van der Waals surface area contributed by atoms with E-state index in [1.165, 1.54) is 20.2 Å². The average Bonchev–Trinajstić information content (AvgIpc) is 2.91. The first-order valence-corrected chi connectivity index (χ1v) is 10.4. The number of carbonyl (C=O) groups excluding carboxylic acids is 1. The molecule has 0 atom stereocenters. The number of nitrogens with two attached hydrogens (primary N) is 1. The van der Waals surface area contributed by atoms with E-state index in [9.17, 15) is 9.18 Å². The number of halogens is 1. The summed E-state index contributed by atoms with van der Waals surface area (Å²) in [6.45, 7) is 9.79. The standard InChI is InChI=1S/C23H27FN6O2/c1-13-8-16(30-6-7-32-21-19(22(30)31)20(25)26-12-27-21)9-14(2)18(13)17-10-29(28-15(17)3)11-23(4,5)24/h8-10,12H,6-7,11H2,1-5H3,(H2,25,26,27). The van der Waals surface area contributed by atoms with Gasteiger partial charge >= 0.3 is 0 Å². The number of benzene rings is 1. The maximum Gasteiger partial charge on any atom is 0.267 e. The van der Waals surface area contributed by atoms with Gasteiger partial charge in [-0.1, -0.05) is 0 Å². The molecule has 4 rings (SSSR count). The van der Waals surface area contributed by atoms with Crippen LogP contribution in [0.1, 0.15) is 41.0 Å². The third kappa shape index (κ3) is 4.02. The number of nitrogen functional groups attached to an aromatic ring is 1. The molecule has 0 aliphatic carbocycles. The highest BCUT2D eigenvalue weighted by molar-refractivity contribution is 6.10. The van der Waals surface area contributed by atoms with Crippen LogP contribution in [0.4, 0.5) is 15.9 Å². The van der Waals surface area contributed by atoms with E-state index in [-0.39, 0.29) is 29.7 Å². The predicted molar refractivity (Wildman–Crippen MR) is 121 cm³/mol. The number of fused-ring (bicyclic) bond motifs is 1. The maximum absolute atomic E-state index is 14.1. The van der Waals surface area contributed by atoms with Gasteiger partial charge < -0.3 is 15.4 Å². The third-order valence-corrected chi connectivity index (χ3v) is 5.44. The quantitative estimate of drug-likeness (QED) is 0.668. The third-order valence-electron chi connectivity index (χ3n) is 5.44. The van der Waals surface area contributed by atoms with Crippen molar-refractivity contribution in [3.63, 3.8) is 0 Å². The van der Waals surface area contributed by atoms with Crippen LogP contribution in [0.3, 0.4) is 0 Å². The number of aryl methyl sites for hydroxylation is 3. The molecule has 32 heavy (non-hydrogen) atoms. The maximum atomic E-state index is 14.1. The Morgan fingerprint density at radius 3 is 2.50 bits per heavy atom. The van der Waals surface area contributed by atoms with Crippen molar-refractivity contribution < 1.29 is 13.9 Å². The number of alkyl halides is 1. The Kier molecular flexibility index (Phi) is 5.36. The van der Waals surface area contributed by atoms with E-state index in [2.05, 4.69) is 15.1 Å². The average molecular weight is 439 g/mol. The number of rotatable bonds is 4. The molecule has 0 saturated carbocycles. The molecule has 168 valence electrons. The normalized spacial score (nSPS) is 14.2. The minimum atomic E-state index is -1.36. The van der Waals surface area contributed by atoms with Crippen molar-refractivity contribution in [2.45, 2.75) is 46.8 Å². The Morgan fingerprint density at radius 2 is 1.84 bits per heavy atom. The van der Waals surface area contributed by atoms with Crippen molar-refractivity contribution in [1.82, 2.24) is 19.7 Å². The molecule has 0 fully saturated rings. The second-order valence-electron chi connectivity index (χ2n) is 8.74. The molecule has 2 aromatic heterocycles. The Labute approximate surface area is 186 Å². The van der Waals surface area contributed by atoms with Crippen LogP contribution in [-0.2, 0) is 6.54 Å². The van der Waals surface area contributed by atoms with E-state index in [1.54, 1.807) is 9.58 Å². The summed E-state index contributed by atoms with van der Waals surface area (Å²) in [5.41, 5.74) is 10.3. The topological polar surface area (TPSA) is 99.2 Å². The van der Waals surface area contributed by atoms with Crippen molar-refractivity contribution in [1.29, 1.82) is 0 Å². The number of carbonyl (C=O) groups is 1. The van der Waals surface area contributed by atoms with E-state index >= 15 is 0 Å². The lowest BCUT2D eigenvalue weighted by Crippen LogP contribution is -2.33. The van der Waals surface area contributed by atoms with Crippen molar-refractivity contribution in [3.05, 3.63) is 47.0 Å². The lowest BCUT2D eigenvalue weighted by molar-refractivity contribution is 0.0990. The molecule has 8 nitrogen and oxygen atoms in total. The molecular weight excluding hydrogens is 411 g/mol. The minimum Gasteiger partial charge on any atom is -0.475 e. The molecule has 1 aliphatic heterocycles. The zero-order chi connectivity index (χ0) is 23.2. The van der Waals surface area contributed by atoms with Gasteiger partial charge in [-0.3, -0.25) is 9.48 Å². The molecule has 1 aliphatic rings. The van der Waals surface area contributed by atoms with Gasteiger partial charge in [0.05, 0.1) is 18.8 Å². The lowest BCUT2D eigenvalue weighted by Gasteiger charge is -2.23. The fraction of sp³-hybridized carbons (Fsp3) is 0.391. The van der Waals surface area contributed by atoms with Crippen LogP contribution in [-0.4, -0.2) is 44.5 Å². The summed E-state index contributed by atoms with van der Waals surface area (Å²) in [6.07, 6.45) is 3.16. The summed E-state index contributed by atoms with van der Waals surface area (Å²) in [5.74, 6) is 0.000933. The van der Waals surface area contributed by atoms with Crippen molar-refractivity contribution in [3.8, 4) is 17.0 Å². The summed E-state index contributed by atoms with van der Waals surface area (Å²) in [4.78, 5) is 22.9. The van der Waals surface area contributed by atoms with E-state index < -0.39 is 5.67 Å². The minimum absolute atomic E-state index is 0.0933. The number of hydrogen-bond acceptors (Lipinski definition) is 6. The van der Waals surface area contributed by atoms with Crippen LogP contribution in [0.25, 0.3) is 11.1 Å². The fourth-order valence-electron chi connectivity index (χ4n) is 4.16. The number of nitrogens with zero attached hydrogens (tertiary/aromatic N) is 5. The zero-order valence-electron chi connectivity index (χ0n) is 18.9. The Hall–Kier alpha value is -3.49. The second-order valence-corrected chi connectivity index (χ2v) is 8.74. The van der Waals surface area contributed by atoms with Gasteiger partial charge in [0.25, 0.3) is 5.91 Å². The summed E-state index contributed by atoms with van der Waals surface area (Å²) in [5, 5.41) is 4.49. The predicted octanol–water partition coefficient (Wildman–Crippen LogP) is 3.63. The summed E-state index contributed by atoms with van der Waals surface area (Å²) >= 11 is 0. The molecule has 0 radical (unpaired) electrons.